The number of rotatable bonds is 3. The van der Waals surface area contributed by atoms with Crippen molar-refractivity contribution in [2.45, 2.75) is 13.0 Å². The summed E-state index contributed by atoms with van der Waals surface area (Å²) in [6, 6.07) is 7.01. The first-order valence-electron chi connectivity index (χ1n) is 5.07. The first-order valence-corrected chi connectivity index (χ1v) is 5.86. The third-order valence-electron chi connectivity index (χ3n) is 2.32. The molecule has 5 nitrogen and oxygen atoms in total. The van der Waals surface area contributed by atoms with Gasteiger partial charge < -0.3 is 5.32 Å². The average Bonchev–Trinajstić information content (AvgIpc) is 2.84. The molecular formula is C11H11BrN4O. The average molecular weight is 295 g/mol. The van der Waals surface area contributed by atoms with Crippen LogP contribution in [0, 0.1) is 0 Å². The van der Waals surface area contributed by atoms with Gasteiger partial charge >= 0.3 is 0 Å². The fraction of sp³-hybridized carbons (Fsp3) is 0.182. The molecule has 1 amide bonds. The Hall–Kier alpha value is -1.69. The predicted molar refractivity (Wildman–Crippen MR) is 67.5 cm³/mol. The molecule has 1 atom stereocenters. The van der Waals surface area contributed by atoms with Crippen molar-refractivity contribution in [2.24, 2.45) is 0 Å². The van der Waals surface area contributed by atoms with Gasteiger partial charge in [0.1, 0.15) is 18.7 Å². The van der Waals surface area contributed by atoms with Crippen LogP contribution in [-0.4, -0.2) is 20.7 Å². The number of amides is 1. The molecule has 0 saturated carbocycles. The molecule has 0 aliphatic heterocycles. The number of carbonyl (C=O) groups is 1. The zero-order chi connectivity index (χ0) is 12.3. The monoisotopic (exact) mass is 294 g/mol. The first-order chi connectivity index (χ1) is 8.16. The summed E-state index contributed by atoms with van der Waals surface area (Å²) in [5, 5.41) is 6.74. The largest absolute Gasteiger partial charge is 0.324 e. The van der Waals surface area contributed by atoms with Crippen LogP contribution in [-0.2, 0) is 4.79 Å². The Morgan fingerprint density at radius 2 is 2.12 bits per heavy atom. The third kappa shape index (κ3) is 2.91. The molecule has 17 heavy (non-hydrogen) atoms. The Morgan fingerprint density at radius 3 is 2.71 bits per heavy atom. The van der Waals surface area contributed by atoms with Crippen molar-refractivity contribution in [2.75, 3.05) is 5.32 Å². The predicted octanol–water partition coefficient (Wildman–Crippen LogP) is 2.24. The fourth-order valence-electron chi connectivity index (χ4n) is 1.32. The van der Waals surface area contributed by atoms with Gasteiger partial charge in [0.05, 0.1) is 0 Å². The number of aromatic nitrogens is 3. The van der Waals surface area contributed by atoms with Gasteiger partial charge in [-0.25, -0.2) is 9.67 Å². The van der Waals surface area contributed by atoms with Crippen molar-refractivity contribution in [1.82, 2.24) is 14.8 Å². The Balaban J connectivity index is 2.04. The van der Waals surface area contributed by atoms with Crippen molar-refractivity contribution in [3.63, 3.8) is 0 Å². The molecule has 88 valence electrons. The van der Waals surface area contributed by atoms with Crippen LogP contribution in [0.25, 0.3) is 0 Å². The highest BCUT2D eigenvalue weighted by Crippen LogP contribution is 2.15. The maximum absolute atomic E-state index is 11.9. The van der Waals surface area contributed by atoms with E-state index in [2.05, 4.69) is 31.3 Å². The van der Waals surface area contributed by atoms with Crippen LogP contribution in [0.5, 0.6) is 0 Å². The summed E-state index contributed by atoms with van der Waals surface area (Å²) in [7, 11) is 0. The second-order valence-corrected chi connectivity index (χ2v) is 4.46. The highest BCUT2D eigenvalue weighted by Gasteiger charge is 2.15. The minimum absolute atomic E-state index is 0.127. The summed E-state index contributed by atoms with van der Waals surface area (Å²) >= 11 is 3.34. The molecule has 0 bridgehead atoms. The summed E-state index contributed by atoms with van der Waals surface area (Å²) in [6.07, 6.45) is 2.93. The van der Waals surface area contributed by atoms with E-state index in [1.165, 1.54) is 17.3 Å². The van der Waals surface area contributed by atoms with Gasteiger partial charge in [0, 0.05) is 10.2 Å². The summed E-state index contributed by atoms with van der Waals surface area (Å²) in [4.78, 5) is 15.7. The number of carbonyl (C=O) groups excluding carboxylic acids is 1. The molecular weight excluding hydrogens is 284 g/mol. The quantitative estimate of drug-likeness (QED) is 0.944. The summed E-state index contributed by atoms with van der Waals surface area (Å²) in [5.74, 6) is -0.127. The lowest BCUT2D eigenvalue weighted by molar-refractivity contribution is -0.119. The van der Waals surface area contributed by atoms with Crippen molar-refractivity contribution >= 4 is 27.5 Å². The maximum Gasteiger partial charge on any atom is 0.249 e. The summed E-state index contributed by atoms with van der Waals surface area (Å²) in [6.45, 7) is 1.77. The van der Waals surface area contributed by atoms with Crippen molar-refractivity contribution < 1.29 is 4.79 Å². The van der Waals surface area contributed by atoms with E-state index < -0.39 is 0 Å². The Labute approximate surface area is 107 Å². The molecule has 2 aromatic rings. The third-order valence-corrected chi connectivity index (χ3v) is 2.85. The molecule has 1 aromatic heterocycles. The van der Waals surface area contributed by atoms with Gasteiger partial charge in [-0.1, -0.05) is 15.9 Å². The number of benzene rings is 1. The molecule has 0 radical (unpaired) electrons. The number of hydrogen-bond acceptors (Lipinski definition) is 3. The number of hydrogen-bond donors (Lipinski definition) is 1. The van der Waals surface area contributed by atoms with Gasteiger partial charge in [0.25, 0.3) is 0 Å². The van der Waals surface area contributed by atoms with E-state index in [1.807, 2.05) is 24.3 Å². The molecule has 0 aliphatic carbocycles. The Kier molecular flexibility index (Phi) is 3.53. The number of halogens is 1. The smallest absolute Gasteiger partial charge is 0.249 e. The Bertz CT molecular complexity index is 495. The zero-order valence-electron chi connectivity index (χ0n) is 9.17. The van der Waals surface area contributed by atoms with Gasteiger partial charge in [0.2, 0.25) is 5.91 Å². The van der Waals surface area contributed by atoms with Gasteiger partial charge in [-0.2, -0.15) is 5.10 Å². The molecule has 1 N–H and O–H groups in total. The molecule has 0 saturated heterocycles. The van der Waals surface area contributed by atoms with E-state index in [4.69, 9.17) is 0 Å². The lowest BCUT2D eigenvalue weighted by Gasteiger charge is -2.11. The molecule has 0 unspecified atom stereocenters. The first kappa shape index (κ1) is 11.8. The molecule has 2 rings (SSSR count). The van der Waals surface area contributed by atoms with Crippen LogP contribution in [0.4, 0.5) is 5.69 Å². The highest BCUT2D eigenvalue weighted by atomic mass is 79.9. The van der Waals surface area contributed by atoms with Gasteiger partial charge in [-0.05, 0) is 31.2 Å². The van der Waals surface area contributed by atoms with Crippen LogP contribution in [0.15, 0.2) is 41.4 Å². The van der Waals surface area contributed by atoms with Crippen LogP contribution >= 0.6 is 15.9 Å². The van der Waals surface area contributed by atoms with E-state index in [9.17, 15) is 4.79 Å². The zero-order valence-corrected chi connectivity index (χ0v) is 10.8. The molecule has 1 heterocycles. The second kappa shape index (κ2) is 5.09. The topological polar surface area (TPSA) is 59.8 Å². The number of anilines is 1. The van der Waals surface area contributed by atoms with Gasteiger partial charge in [-0.3, -0.25) is 4.79 Å². The van der Waals surface area contributed by atoms with E-state index in [0.717, 1.165) is 10.2 Å². The van der Waals surface area contributed by atoms with E-state index in [1.54, 1.807) is 6.92 Å². The van der Waals surface area contributed by atoms with Crippen molar-refractivity contribution in [1.29, 1.82) is 0 Å². The lowest BCUT2D eigenvalue weighted by Crippen LogP contribution is -2.23. The highest BCUT2D eigenvalue weighted by molar-refractivity contribution is 9.10. The van der Waals surface area contributed by atoms with E-state index >= 15 is 0 Å². The fourth-order valence-corrected chi connectivity index (χ4v) is 1.58. The molecule has 1 aromatic carbocycles. The minimum Gasteiger partial charge on any atom is -0.324 e. The summed E-state index contributed by atoms with van der Waals surface area (Å²) < 4.78 is 2.48. The van der Waals surface area contributed by atoms with E-state index in [0.29, 0.717) is 0 Å². The van der Waals surface area contributed by atoms with Crippen molar-refractivity contribution in [3.8, 4) is 0 Å². The molecule has 0 fully saturated rings. The minimum atomic E-state index is -0.388. The number of nitrogens with zero attached hydrogens (tertiary/aromatic N) is 3. The number of nitrogens with one attached hydrogen (secondary N) is 1. The van der Waals surface area contributed by atoms with Gasteiger partial charge in [0.15, 0.2) is 0 Å². The molecule has 6 heteroatoms. The Morgan fingerprint density at radius 1 is 1.41 bits per heavy atom. The second-order valence-electron chi connectivity index (χ2n) is 3.55. The van der Waals surface area contributed by atoms with Crippen LogP contribution < -0.4 is 5.32 Å². The maximum atomic E-state index is 11.9. The molecule has 0 aliphatic rings. The lowest BCUT2D eigenvalue weighted by atomic mass is 10.3. The van der Waals surface area contributed by atoms with E-state index in [-0.39, 0.29) is 11.9 Å². The van der Waals surface area contributed by atoms with Crippen LogP contribution in [0.2, 0.25) is 0 Å². The summed E-state index contributed by atoms with van der Waals surface area (Å²) in [5.41, 5.74) is 0.755. The SMILES string of the molecule is C[C@H](C(=O)Nc1ccc(Br)cc1)n1cncn1. The van der Waals surface area contributed by atoms with Crippen molar-refractivity contribution in [3.05, 3.63) is 41.4 Å². The van der Waals surface area contributed by atoms with Crippen LogP contribution in [0.1, 0.15) is 13.0 Å². The van der Waals surface area contributed by atoms with Crippen LogP contribution in [0.3, 0.4) is 0 Å². The molecule has 0 spiro atoms. The standard InChI is InChI=1S/C11H11BrN4O/c1-8(16-7-13-6-14-16)11(17)15-10-4-2-9(12)3-5-10/h2-8H,1H3,(H,15,17)/t8-/m1/s1. The van der Waals surface area contributed by atoms with Gasteiger partial charge in [-0.15, -0.1) is 0 Å². The normalized spacial score (nSPS) is 12.1.